The van der Waals surface area contributed by atoms with Crippen molar-refractivity contribution < 1.29 is 4.42 Å². The lowest BCUT2D eigenvalue weighted by molar-refractivity contribution is 0.203. The van der Waals surface area contributed by atoms with Crippen molar-refractivity contribution in [3.8, 4) is 0 Å². The zero-order valence-corrected chi connectivity index (χ0v) is 8.44. The third-order valence-electron chi connectivity index (χ3n) is 2.66. The lowest BCUT2D eigenvalue weighted by Crippen LogP contribution is -2.38. The highest BCUT2D eigenvalue weighted by molar-refractivity contribution is 4.93. The van der Waals surface area contributed by atoms with Crippen LogP contribution in [0, 0.1) is 0 Å². The van der Waals surface area contributed by atoms with Crippen LogP contribution in [0.15, 0.2) is 4.42 Å². The fraction of sp³-hybridized carbons (Fsp3) is 0.778. The Morgan fingerprint density at radius 1 is 1.43 bits per heavy atom. The van der Waals surface area contributed by atoms with Gasteiger partial charge in [-0.1, -0.05) is 6.92 Å². The highest BCUT2D eigenvalue weighted by atomic mass is 16.4. The molecule has 0 atom stereocenters. The van der Waals surface area contributed by atoms with Gasteiger partial charge in [0.15, 0.2) is 0 Å². The summed E-state index contributed by atoms with van der Waals surface area (Å²) in [5.74, 6) is 7.60. The maximum atomic E-state index is 5.67. The smallest absolute Gasteiger partial charge is 0.219 e. The van der Waals surface area contributed by atoms with Crippen LogP contribution in [0.5, 0.6) is 0 Å². The minimum absolute atomic E-state index is 0.405. The van der Waals surface area contributed by atoms with E-state index in [2.05, 4.69) is 10.2 Å². The molecular weight excluding hydrogens is 180 g/mol. The van der Waals surface area contributed by atoms with E-state index in [1.165, 1.54) is 0 Å². The first-order chi connectivity index (χ1) is 6.79. The monoisotopic (exact) mass is 196 g/mol. The molecule has 1 fully saturated rings. The van der Waals surface area contributed by atoms with E-state index in [1.807, 2.05) is 11.9 Å². The Morgan fingerprint density at radius 2 is 2.14 bits per heavy atom. The Kier molecular flexibility index (Phi) is 2.79. The van der Waals surface area contributed by atoms with Gasteiger partial charge < -0.3 is 4.42 Å². The molecule has 0 bridgehead atoms. The second-order valence-corrected chi connectivity index (χ2v) is 3.70. The summed E-state index contributed by atoms with van der Waals surface area (Å²) < 4.78 is 5.53. The normalized spacial score (nSPS) is 20.1. The van der Waals surface area contributed by atoms with Crippen molar-refractivity contribution >= 4 is 0 Å². The first kappa shape index (κ1) is 9.61. The summed E-state index contributed by atoms with van der Waals surface area (Å²) in [6, 6.07) is 0. The lowest BCUT2D eigenvalue weighted by atomic mass is 9.98. The Labute approximate surface area is 83.3 Å². The molecule has 5 heteroatoms. The molecule has 1 saturated heterocycles. The average molecular weight is 196 g/mol. The number of hydrazine groups is 1. The Balaban J connectivity index is 2.01. The van der Waals surface area contributed by atoms with E-state index in [0.717, 1.165) is 44.1 Å². The van der Waals surface area contributed by atoms with Gasteiger partial charge in [-0.3, -0.25) is 5.84 Å². The van der Waals surface area contributed by atoms with E-state index in [4.69, 9.17) is 10.3 Å². The van der Waals surface area contributed by atoms with Crippen molar-refractivity contribution in [1.82, 2.24) is 15.2 Å². The fourth-order valence-electron chi connectivity index (χ4n) is 1.72. The lowest BCUT2D eigenvalue weighted by Gasteiger charge is -2.26. The summed E-state index contributed by atoms with van der Waals surface area (Å²) in [7, 11) is 0. The second kappa shape index (κ2) is 4.06. The van der Waals surface area contributed by atoms with Gasteiger partial charge in [0, 0.05) is 25.4 Å². The summed E-state index contributed by atoms with van der Waals surface area (Å²) >= 11 is 0. The molecule has 1 aliphatic rings. The molecule has 0 spiro atoms. The van der Waals surface area contributed by atoms with Crippen LogP contribution in [0.3, 0.4) is 0 Å². The van der Waals surface area contributed by atoms with Crippen molar-refractivity contribution in [3.05, 3.63) is 11.8 Å². The molecule has 0 saturated carbocycles. The third kappa shape index (κ3) is 1.93. The van der Waals surface area contributed by atoms with Crippen LogP contribution in [0.25, 0.3) is 0 Å². The van der Waals surface area contributed by atoms with Crippen molar-refractivity contribution in [2.24, 2.45) is 5.84 Å². The zero-order chi connectivity index (χ0) is 9.97. The quantitative estimate of drug-likeness (QED) is 0.705. The number of hydrogen-bond acceptors (Lipinski definition) is 5. The molecule has 0 unspecified atom stereocenters. The van der Waals surface area contributed by atoms with Gasteiger partial charge in [-0.15, -0.1) is 10.2 Å². The molecule has 0 aromatic carbocycles. The first-order valence-electron chi connectivity index (χ1n) is 5.11. The van der Waals surface area contributed by atoms with Gasteiger partial charge >= 0.3 is 0 Å². The maximum absolute atomic E-state index is 5.67. The SMILES string of the molecule is CCc1nnc(C2CCN(N)CC2)o1. The molecule has 0 radical (unpaired) electrons. The van der Waals surface area contributed by atoms with Crippen molar-refractivity contribution in [3.63, 3.8) is 0 Å². The molecule has 0 amide bonds. The minimum Gasteiger partial charge on any atom is -0.425 e. The number of rotatable bonds is 2. The molecule has 0 aliphatic carbocycles. The second-order valence-electron chi connectivity index (χ2n) is 3.70. The van der Waals surface area contributed by atoms with Gasteiger partial charge in [-0.25, -0.2) is 5.01 Å². The van der Waals surface area contributed by atoms with E-state index < -0.39 is 0 Å². The molecule has 2 N–H and O–H groups in total. The number of nitrogens with two attached hydrogens (primary N) is 1. The number of aromatic nitrogens is 2. The zero-order valence-electron chi connectivity index (χ0n) is 8.44. The third-order valence-corrected chi connectivity index (χ3v) is 2.66. The van der Waals surface area contributed by atoms with Crippen LogP contribution in [-0.4, -0.2) is 28.3 Å². The first-order valence-corrected chi connectivity index (χ1v) is 5.11. The topological polar surface area (TPSA) is 68.2 Å². The maximum Gasteiger partial charge on any atom is 0.219 e. The van der Waals surface area contributed by atoms with E-state index in [9.17, 15) is 0 Å². The van der Waals surface area contributed by atoms with Gasteiger partial charge in [0.25, 0.3) is 0 Å². The van der Waals surface area contributed by atoms with E-state index >= 15 is 0 Å². The summed E-state index contributed by atoms with van der Waals surface area (Å²) in [5.41, 5.74) is 0. The van der Waals surface area contributed by atoms with Crippen LogP contribution in [0.4, 0.5) is 0 Å². The molecular formula is C9H16N4O. The van der Waals surface area contributed by atoms with Crippen molar-refractivity contribution in [1.29, 1.82) is 0 Å². The molecule has 5 nitrogen and oxygen atoms in total. The van der Waals surface area contributed by atoms with Gasteiger partial charge in [-0.05, 0) is 12.8 Å². The summed E-state index contributed by atoms with van der Waals surface area (Å²) in [6.07, 6.45) is 2.84. The van der Waals surface area contributed by atoms with Gasteiger partial charge in [-0.2, -0.15) is 0 Å². The van der Waals surface area contributed by atoms with Crippen LogP contribution in [0.1, 0.15) is 37.5 Å². The number of piperidine rings is 1. The Morgan fingerprint density at radius 3 is 2.71 bits per heavy atom. The molecule has 78 valence electrons. The summed E-state index contributed by atoms with van der Waals surface area (Å²) in [4.78, 5) is 0. The predicted molar refractivity (Wildman–Crippen MR) is 51.4 cm³/mol. The molecule has 14 heavy (non-hydrogen) atoms. The molecule has 1 aliphatic heterocycles. The highest BCUT2D eigenvalue weighted by Crippen LogP contribution is 2.25. The van der Waals surface area contributed by atoms with E-state index in [-0.39, 0.29) is 0 Å². The van der Waals surface area contributed by atoms with Gasteiger partial charge in [0.05, 0.1) is 0 Å². The van der Waals surface area contributed by atoms with Crippen LogP contribution < -0.4 is 5.84 Å². The highest BCUT2D eigenvalue weighted by Gasteiger charge is 2.23. The molecule has 2 heterocycles. The predicted octanol–water partition coefficient (Wildman–Crippen LogP) is 0.685. The number of hydrogen-bond donors (Lipinski definition) is 1. The standard InChI is InChI=1S/C9H16N4O/c1-2-8-11-12-9(14-8)7-3-5-13(10)6-4-7/h7H,2-6,10H2,1H3. The van der Waals surface area contributed by atoms with Crippen molar-refractivity contribution in [2.45, 2.75) is 32.1 Å². The Hall–Kier alpha value is -0.940. The van der Waals surface area contributed by atoms with Crippen LogP contribution in [0.2, 0.25) is 0 Å². The molecule has 2 rings (SSSR count). The van der Waals surface area contributed by atoms with E-state index in [1.54, 1.807) is 0 Å². The number of aryl methyl sites for hydroxylation is 1. The van der Waals surface area contributed by atoms with Gasteiger partial charge in [0.2, 0.25) is 11.8 Å². The fourth-order valence-corrected chi connectivity index (χ4v) is 1.72. The summed E-state index contributed by atoms with van der Waals surface area (Å²) in [6.45, 7) is 3.84. The Bertz CT molecular complexity index is 291. The number of nitrogens with zero attached hydrogens (tertiary/aromatic N) is 3. The van der Waals surface area contributed by atoms with Crippen molar-refractivity contribution in [2.75, 3.05) is 13.1 Å². The molecule has 1 aromatic heterocycles. The minimum atomic E-state index is 0.405. The van der Waals surface area contributed by atoms with Crippen LogP contribution in [-0.2, 0) is 6.42 Å². The largest absolute Gasteiger partial charge is 0.425 e. The van der Waals surface area contributed by atoms with Gasteiger partial charge in [0.1, 0.15) is 0 Å². The van der Waals surface area contributed by atoms with Crippen LogP contribution >= 0.6 is 0 Å². The summed E-state index contributed by atoms with van der Waals surface area (Å²) in [5, 5.41) is 9.87. The average Bonchev–Trinajstić information content (AvgIpc) is 2.67. The van der Waals surface area contributed by atoms with E-state index in [0.29, 0.717) is 5.92 Å². The molecule has 1 aromatic rings.